The zero-order valence-electron chi connectivity index (χ0n) is 25.0. The molecule has 0 spiro atoms. The molecule has 2 N–H and O–H groups in total. The van der Waals surface area contributed by atoms with Gasteiger partial charge in [-0.05, 0) is 61.0 Å². The topological polar surface area (TPSA) is 97.3 Å². The number of aromatic nitrogens is 1. The van der Waals surface area contributed by atoms with Crippen LogP contribution in [0.15, 0.2) is 59.5 Å². The number of hydrogen-bond acceptors (Lipinski definition) is 8. The Labute approximate surface area is 256 Å². The molecule has 2 saturated heterocycles. The smallest absolute Gasteiger partial charge is 0.256 e. The minimum absolute atomic E-state index is 0.127. The van der Waals surface area contributed by atoms with Gasteiger partial charge in [0.15, 0.2) is 11.5 Å². The summed E-state index contributed by atoms with van der Waals surface area (Å²) in [6.07, 6.45) is 3.46. The molecule has 3 aromatic carbocycles. The summed E-state index contributed by atoms with van der Waals surface area (Å²) in [4.78, 5) is 31.9. The molecule has 0 bridgehead atoms. The predicted octanol–water partition coefficient (Wildman–Crippen LogP) is 3.84. The maximum atomic E-state index is 13.8. The first-order valence-electron chi connectivity index (χ1n) is 15.7. The number of hydrogen-bond donors (Lipinski definition) is 2. The summed E-state index contributed by atoms with van der Waals surface area (Å²) in [6.45, 7) is 9.95. The van der Waals surface area contributed by atoms with Crippen LogP contribution >= 0.6 is 0 Å². The second kappa shape index (κ2) is 13.0. The van der Waals surface area contributed by atoms with Crippen molar-refractivity contribution in [2.45, 2.75) is 12.8 Å². The van der Waals surface area contributed by atoms with Crippen LogP contribution in [0.1, 0.15) is 23.2 Å². The summed E-state index contributed by atoms with van der Waals surface area (Å²) in [5.41, 5.74) is 2.12. The van der Waals surface area contributed by atoms with E-state index < -0.39 is 0 Å². The van der Waals surface area contributed by atoms with E-state index in [1.165, 1.54) is 0 Å². The minimum atomic E-state index is -0.358. The second-order valence-electron chi connectivity index (χ2n) is 11.6. The monoisotopic (exact) mass is 597 g/mol. The number of benzene rings is 3. The molecule has 10 heteroatoms. The van der Waals surface area contributed by atoms with E-state index in [0.29, 0.717) is 28.9 Å². The molecule has 2 fully saturated rings. The average molecular weight is 598 g/mol. The largest absolute Gasteiger partial charge is 0.451 e. The molecule has 0 unspecified atom stereocenters. The Morgan fingerprint density at radius 1 is 0.818 bits per heavy atom. The number of anilines is 1. The van der Waals surface area contributed by atoms with E-state index in [1.54, 1.807) is 6.20 Å². The summed E-state index contributed by atoms with van der Waals surface area (Å²) in [7, 11) is 0. The molecule has 1 aromatic heterocycles. The third-order valence-electron chi connectivity index (χ3n) is 8.77. The van der Waals surface area contributed by atoms with Crippen molar-refractivity contribution in [1.82, 2.24) is 19.7 Å². The van der Waals surface area contributed by atoms with Crippen LogP contribution in [0.25, 0.3) is 27.4 Å². The number of morpholine rings is 2. The van der Waals surface area contributed by atoms with E-state index in [0.717, 1.165) is 107 Å². The number of pyridine rings is 1. The lowest BCUT2D eigenvalue weighted by atomic mass is 10.0. The summed E-state index contributed by atoms with van der Waals surface area (Å²) < 4.78 is 19.4. The summed E-state index contributed by atoms with van der Waals surface area (Å²) in [5, 5.41) is 9.11. The van der Waals surface area contributed by atoms with Crippen molar-refractivity contribution >= 4 is 33.3 Å². The third kappa shape index (κ3) is 5.90. The van der Waals surface area contributed by atoms with Crippen molar-refractivity contribution in [2.24, 2.45) is 0 Å². The highest BCUT2D eigenvalue weighted by atomic mass is 16.5. The maximum Gasteiger partial charge on any atom is 0.256 e. The SMILES string of the molecule is O=C(NCCCN1CCOCC1)c1cn2c3c(c(NCCCN4CCOCC4)ccc3c1=O)Oc1cc3ccccc3cc1-2. The summed E-state index contributed by atoms with van der Waals surface area (Å²) in [5.74, 6) is 0.926. The van der Waals surface area contributed by atoms with Gasteiger partial charge in [-0.15, -0.1) is 0 Å². The molecule has 0 radical (unpaired) electrons. The summed E-state index contributed by atoms with van der Waals surface area (Å²) >= 11 is 0. The van der Waals surface area contributed by atoms with E-state index in [4.69, 9.17) is 14.2 Å². The van der Waals surface area contributed by atoms with Crippen molar-refractivity contribution in [3.05, 3.63) is 70.5 Å². The van der Waals surface area contributed by atoms with Crippen LogP contribution in [0, 0.1) is 0 Å². The normalized spacial score (nSPS) is 16.9. The van der Waals surface area contributed by atoms with Crippen molar-refractivity contribution in [1.29, 1.82) is 0 Å². The molecule has 7 rings (SSSR count). The van der Waals surface area contributed by atoms with Crippen molar-refractivity contribution in [2.75, 3.05) is 84.1 Å². The molecule has 3 aliphatic heterocycles. The number of ether oxygens (including phenoxy) is 3. The van der Waals surface area contributed by atoms with Crippen molar-refractivity contribution in [3.63, 3.8) is 0 Å². The molecule has 230 valence electrons. The van der Waals surface area contributed by atoms with E-state index in [1.807, 2.05) is 34.9 Å². The first-order chi connectivity index (χ1) is 21.7. The van der Waals surface area contributed by atoms with Gasteiger partial charge in [-0.2, -0.15) is 0 Å². The number of rotatable bonds is 10. The van der Waals surface area contributed by atoms with Crippen LogP contribution < -0.4 is 20.8 Å². The molecular formula is C34H39N5O5. The molecule has 1 amide bonds. The van der Waals surface area contributed by atoms with Crippen LogP contribution in [-0.2, 0) is 9.47 Å². The van der Waals surface area contributed by atoms with Gasteiger partial charge in [0.1, 0.15) is 11.1 Å². The maximum absolute atomic E-state index is 13.8. The molecule has 10 nitrogen and oxygen atoms in total. The highest BCUT2D eigenvalue weighted by Crippen LogP contribution is 2.45. The average Bonchev–Trinajstić information content (AvgIpc) is 3.06. The zero-order valence-corrected chi connectivity index (χ0v) is 25.0. The van der Waals surface area contributed by atoms with E-state index in [9.17, 15) is 9.59 Å². The minimum Gasteiger partial charge on any atom is -0.451 e. The Bertz CT molecular complexity index is 1730. The molecule has 44 heavy (non-hydrogen) atoms. The Morgan fingerprint density at radius 3 is 2.18 bits per heavy atom. The number of nitrogens with zero attached hydrogens (tertiary/aromatic N) is 3. The summed E-state index contributed by atoms with van der Waals surface area (Å²) in [6, 6.07) is 15.9. The molecular weight excluding hydrogens is 558 g/mol. The lowest BCUT2D eigenvalue weighted by molar-refractivity contribution is 0.0374. The van der Waals surface area contributed by atoms with E-state index in [-0.39, 0.29) is 16.9 Å². The fourth-order valence-electron chi connectivity index (χ4n) is 6.35. The number of fused-ring (bicyclic) bond motifs is 3. The first-order valence-corrected chi connectivity index (χ1v) is 15.7. The van der Waals surface area contributed by atoms with Gasteiger partial charge in [-0.25, -0.2) is 0 Å². The number of amides is 1. The van der Waals surface area contributed by atoms with Gasteiger partial charge in [-0.3, -0.25) is 19.4 Å². The molecule has 4 aromatic rings. The van der Waals surface area contributed by atoms with Crippen molar-refractivity contribution < 1.29 is 19.0 Å². The lowest BCUT2D eigenvalue weighted by Crippen LogP contribution is -2.38. The van der Waals surface area contributed by atoms with Crippen LogP contribution in [0.2, 0.25) is 0 Å². The quantitative estimate of drug-likeness (QED) is 0.235. The van der Waals surface area contributed by atoms with E-state index in [2.05, 4.69) is 38.6 Å². The highest BCUT2D eigenvalue weighted by Gasteiger charge is 2.27. The predicted molar refractivity (Wildman–Crippen MR) is 172 cm³/mol. The molecule has 4 heterocycles. The number of nitrogens with one attached hydrogen (secondary N) is 2. The zero-order chi connectivity index (χ0) is 29.9. The highest BCUT2D eigenvalue weighted by molar-refractivity contribution is 6.01. The number of carbonyl (C=O) groups is 1. The Balaban J connectivity index is 1.18. The Morgan fingerprint density at radius 2 is 1.48 bits per heavy atom. The van der Waals surface area contributed by atoms with Gasteiger partial charge in [-0.1, -0.05) is 24.3 Å². The lowest BCUT2D eigenvalue weighted by Gasteiger charge is -2.27. The molecule has 0 saturated carbocycles. The first kappa shape index (κ1) is 28.8. The van der Waals surface area contributed by atoms with Gasteiger partial charge in [0.25, 0.3) is 5.91 Å². The molecule has 0 atom stereocenters. The van der Waals surface area contributed by atoms with Crippen LogP contribution in [-0.4, -0.2) is 99.1 Å². The second-order valence-corrected chi connectivity index (χ2v) is 11.6. The van der Waals surface area contributed by atoms with Crippen LogP contribution in [0.4, 0.5) is 5.69 Å². The van der Waals surface area contributed by atoms with Gasteiger partial charge in [0.2, 0.25) is 5.43 Å². The Hall–Kier alpha value is -3.96. The standard InChI is InChI=1S/C34H39N5O5/c40-32-26-7-8-28(35-9-3-11-37-13-17-42-18-14-37)33-31(26)39(29-21-24-5-1-2-6-25(24)22-30(29)44-33)23-27(32)34(41)36-10-4-12-38-15-19-43-20-16-38/h1-2,5-8,21-23,35H,3-4,9-20H2,(H,36,41). The van der Waals surface area contributed by atoms with Gasteiger partial charge >= 0.3 is 0 Å². The molecule has 0 aliphatic carbocycles. The number of carbonyl (C=O) groups excluding carboxylic acids is 1. The van der Waals surface area contributed by atoms with Crippen molar-refractivity contribution in [3.8, 4) is 17.2 Å². The third-order valence-corrected chi connectivity index (χ3v) is 8.77. The van der Waals surface area contributed by atoms with Crippen LogP contribution in [0.3, 0.4) is 0 Å². The molecule has 3 aliphatic rings. The fraction of sp³-hybridized carbons (Fsp3) is 0.412. The fourth-order valence-corrected chi connectivity index (χ4v) is 6.35. The van der Waals surface area contributed by atoms with Gasteiger partial charge in [0.05, 0.1) is 43.2 Å². The Kier molecular flexibility index (Phi) is 8.48. The van der Waals surface area contributed by atoms with Crippen LogP contribution in [0.5, 0.6) is 11.5 Å². The van der Waals surface area contributed by atoms with E-state index >= 15 is 0 Å². The van der Waals surface area contributed by atoms with Gasteiger partial charge in [0, 0.05) is 45.5 Å². The van der Waals surface area contributed by atoms with Gasteiger partial charge < -0.3 is 29.4 Å².